The molecule has 0 N–H and O–H groups in total. The largest absolute Gasteiger partial charge is 0.340 e. The van der Waals surface area contributed by atoms with Crippen molar-refractivity contribution in [2.24, 2.45) is 0 Å². The number of ketones is 1. The summed E-state index contributed by atoms with van der Waals surface area (Å²) < 4.78 is 12.5. The van der Waals surface area contributed by atoms with Crippen LogP contribution in [0.3, 0.4) is 0 Å². The van der Waals surface area contributed by atoms with Crippen molar-refractivity contribution in [1.29, 1.82) is 0 Å². The lowest BCUT2D eigenvalue weighted by atomic mass is 10.0. The molecule has 0 unspecified atom stereocenters. The van der Waals surface area contributed by atoms with Crippen LogP contribution in [0.4, 0.5) is 0 Å². The Balaban J connectivity index is 2.09. The zero-order valence-electron chi connectivity index (χ0n) is 10.1. The average Bonchev–Trinajstić information content (AvgIpc) is 2.68. The van der Waals surface area contributed by atoms with Gasteiger partial charge in [-0.15, -0.1) is 0 Å². The number of ether oxygens (including phenoxy) is 2. The Morgan fingerprint density at radius 2 is 1.89 bits per heavy atom. The van der Waals surface area contributed by atoms with Crippen LogP contribution in [0.1, 0.15) is 22.3 Å². The maximum atomic E-state index is 12.7. The number of Topliss-reactive ketones (excluding diaryl/α,β-unsaturated/α-hetero) is 1. The first-order valence-corrected chi connectivity index (χ1v) is 7.08. The molecule has 0 amide bonds. The number of hydrogen-bond donors (Lipinski definition) is 0. The highest BCUT2D eigenvalue weighted by molar-refractivity contribution is 9.10. The third-order valence-electron chi connectivity index (χ3n) is 3.78. The van der Waals surface area contributed by atoms with E-state index in [0.29, 0.717) is 18.8 Å². The molecule has 1 aliphatic carbocycles. The minimum absolute atomic E-state index is 0.0779. The fourth-order valence-corrected chi connectivity index (χ4v) is 3.42. The molecule has 0 radical (unpaired) electrons. The van der Waals surface area contributed by atoms with E-state index in [1.54, 1.807) is 0 Å². The van der Waals surface area contributed by atoms with E-state index in [-0.39, 0.29) is 5.78 Å². The first-order chi connectivity index (χ1) is 9.24. The molecule has 19 heavy (non-hydrogen) atoms. The third kappa shape index (κ3) is 1.37. The summed E-state index contributed by atoms with van der Waals surface area (Å²) in [6.45, 7) is 1.11. The van der Waals surface area contributed by atoms with Gasteiger partial charge in [0.05, 0.1) is 13.2 Å². The average molecular weight is 319 g/mol. The molecule has 1 saturated heterocycles. The van der Waals surface area contributed by atoms with E-state index < -0.39 is 5.79 Å². The van der Waals surface area contributed by atoms with Crippen LogP contribution in [0.15, 0.2) is 34.8 Å². The summed E-state index contributed by atoms with van der Waals surface area (Å²) in [7, 11) is 0. The Morgan fingerprint density at radius 3 is 2.68 bits per heavy atom. The highest BCUT2D eigenvalue weighted by Crippen LogP contribution is 2.46. The second-order valence-electron chi connectivity index (χ2n) is 4.82. The predicted molar refractivity (Wildman–Crippen MR) is 74.2 cm³/mol. The van der Waals surface area contributed by atoms with Gasteiger partial charge in [0, 0.05) is 21.0 Å². The van der Waals surface area contributed by atoms with Crippen molar-refractivity contribution in [3.05, 3.63) is 45.9 Å². The third-order valence-corrected chi connectivity index (χ3v) is 4.48. The van der Waals surface area contributed by atoms with E-state index in [1.165, 1.54) is 0 Å². The molecule has 0 aromatic heterocycles. The molecule has 1 fully saturated rings. The maximum absolute atomic E-state index is 12.7. The highest BCUT2D eigenvalue weighted by Gasteiger charge is 2.51. The summed E-state index contributed by atoms with van der Waals surface area (Å²) in [6, 6.07) is 9.61. The van der Waals surface area contributed by atoms with Gasteiger partial charge in [0.1, 0.15) is 0 Å². The SMILES string of the molecule is O=C1c2ccc(Br)c3cccc(c23)C12OCCCO2. The topological polar surface area (TPSA) is 35.5 Å². The molecule has 3 nitrogen and oxygen atoms in total. The minimum Gasteiger partial charge on any atom is -0.340 e. The van der Waals surface area contributed by atoms with Gasteiger partial charge in [0.2, 0.25) is 5.78 Å². The van der Waals surface area contributed by atoms with E-state index in [2.05, 4.69) is 15.9 Å². The summed E-state index contributed by atoms with van der Waals surface area (Å²) in [5.41, 5.74) is 1.53. The summed E-state index contributed by atoms with van der Waals surface area (Å²) >= 11 is 3.53. The predicted octanol–water partition coefficient (Wildman–Crippen LogP) is 3.39. The summed E-state index contributed by atoms with van der Waals surface area (Å²) in [5, 5.41) is 1.97. The van der Waals surface area contributed by atoms with Gasteiger partial charge in [0.25, 0.3) is 5.79 Å². The normalized spacial score (nSPS) is 20.4. The fourth-order valence-electron chi connectivity index (χ4n) is 2.95. The molecule has 4 rings (SSSR count). The van der Waals surface area contributed by atoms with E-state index >= 15 is 0 Å². The summed E-state index contributed by atoms with van der Waals surface area (Å²) in [6.07, 6.45) is 0.824. The lowest BCUT2D eigenvalue weighted by molar-refractivity contribution is -0.238. The second-order valence-corrected chi connectivity index (χ2v) is 5.67. The Morgan fingerprint density at radius 1 is 1.11 bits per heavy atom. The zero-order chi connectivity index (χ0) is 13.0. The molecular weight excluding hydrogens is 308 g/mol. The maximum Gasteiger partial charge on any atom is 0.261 e. The van der Waals surface area contributed by atoms with Gasteiger partial charge in [-0.25, -0.2) is 0 Å². The van der Waals surface area contributed by atoms with Crippen LogP contribution in [0.25, 0.3) is 10.8 Å². The standard InChI is InChI=1S/C15H11BrO3/c16-12-6-5-10-13-9(12)3-1-4-11(13)15(14(10)17)18-7-2-8-19-15/h1,3-6H,2,7-8H2. The molecule has 2 aromatic rings. The molecule has 0 saturated carbocycles. The van der Waals surface area contributed by atoms with Crippen molar-refractivity contribution in [2.75, 3.05) is 13.2 Å². The second kappa shape index (κ2) is 3.88. The molecule has 1 aliphatic heterocycles. The Kier molecular flexibility index (Phi) is 2.37. The van der Waals surface area contributed by atoms with Crippen LogP contribution >= 0.6 is 15.9 Å². The van der Waals surface area contributed by atoms with E-state index in [0.717, 1.165) is 27.2 Å². The molecule has 2 aliphatic rings. The van der Waals surface area contributed by atoms with E-state index in [1.807, 2.05) is 30.3 Å². The van der Waals surface area contributed by atoms with Crippen LogP contribution in [0, 0.1) is 0 Å². The number of rotatable bonds is 0. The van der Waals surface area contributed by atoms with Crippen molar-refractivity contribution in [1.82, 2.24) is 0 Å². The van der Waals surface area contributed by atoms with Crippen molar-refractivity contribution < 1.29 is 14.3 Å². The molecular formula is C15H11BrO3. The van der Waals surface area contributed by atoms with Gasteiger partial charge in [-0.3, -0.25) is 4.79 Å². The van der Waals surface area contributed by atoms with Crippen molar-refractivity contribution >= 4 is 32.5 Å². The first kappa shape index (κ1) is 11.6. The lowest BCUT2D eigenvalue weighted by Gasteiger charge is -2.32. The van der Waals surface area contributed by atoms with Gasteiger partial charge in [0.15, 0.2) is 0 Å². The van der Waals surface area contributed by atoms with Crippen LogP contribution < -0.4 is 0 Å². The number of carbonyl (C=O) groups is 1. The quantitative estimate of drug-likeness (QED) is 0.747. The molecule has 1 heterocycles. The van der Waals surface area contributed by atoms with Crippen molar-refractivity contribution in [3.63, 3.8) is 0 Å². The van der Waals surface area contributed by atoms with Gasteiger partial charge < -0.3 is 9.47 Å². The molecule has 1 spiro atoms. The molecule has 0 atom stereocenters. The van der Waals surface area contributed by atoms with Crippen molar-refractivity contribution in [2.45, 2.75) is 12.2 Å². The monoisotopic (exact) mass is 318 g/mol. The van der Waals surface area contributed by atoms with Gasteiger partial charge in [-0.1, -0.05) is 34.1 Å². The Labute approximate surface area is 118 Å². The molecule has 0 bridgehead atoms. The Bertz CT molecular complexity index is 702. The van der Waals surface area contributed by atoms with Gasteiger partial charge >= 0.3 is 0 Å². The zero-order valence-corrected chi connectivity index (χ0v) is 11.7. The summed E-state index contributed by atoms with van der Waals surface area (Å²) in [4.78, 5) is 12.7. The number of benzene rings is 2. The number of carbonyl (C=O) groups excluding carboxylic acids is 1. The summed E-state index contributed by atoms with van der Waals surface area (Å²) in [5.74, 6) is -1.29. The van der Waals surface area contributed by atoms with E-state index in [4.69, 9.17) is 9.47 Å². The van der Waals surface area contributed by atoms with Gasteiger partial charge in [-0.2, -0.15) is 0 Å². The van der Waals surface area contributed by atoms with Gasteiger partial charge in [-0.05, 0) is 23.9 Å². The molecule has 4 heteroatoms. The van der Waals surface area contributed by atoms with Crippen LogP contribution in [-0.2, 0) is 15.3 Å². The minimum atomic E-state index is -1.21. The Hall–Kier alpha value is -1.23. The number of hydrogen-bond acceptors (Lipinski definition) is 3. The van der Waals surface area contributed by atoms with Crippen LogP contribution in [0.2, 0.25) is 0 Å². The highest BCUT2D eigenvalue weighted by atomic mass is 79.9. The fraction of sp³-hybridized carbons (Fsp3) is 0.267. The smallest absolute Gasteiger partial charge is 0.261 e. The molecule has 2 aromatic carbocycles. The number of halogens is 1. The van der Waals surface area contributed by atoms with E-state index in [9.17, 15) is 4.79 Å². The van der Waals surface area contributed by atoms with Crippen molar-refractivity contribution in [3.8, 4) is 0 Å². The van der Waals surface area contributed by atoms with Crippen LogP contribution in [-0.4, -0.2) is 19.0 Å². The van der Waals surface area contributed by atoms with Crippen LogP contribution in [0.5, 0.6) is 0 Å². The lowest BCUT2D eigenvalue weighted by Crippen LogP contribution is -2.42. The number of fused-ring (bicyclic) bond motifs is 1. The molecule has 96 valence electrons. The first-order valence-electron chi connectivity index (χ1n) is 6.28.